The average molecular weight is 443 g/mol. The van der Waals surface area contributed by atoms with Gasteiger partial charge in [-0.25, -0.2) is 8.78 Å². The van der Waals surface area contributed by atoms with Gasteiger partial charge in [0.2, 0.25) is 17.5 Å². The van der Waals surface area contributed by atoms with Crippen LogP contribution >= 0.6 is 12.2 Å². The van der Waals surface area contributed by atoms with E-state index >= 15 is 0 Å². The Morgan fingerprint density at radius 2 is 1.57 bits per heavy atom. The van der Waals surface area contributed by atoms with Gasteiger partial charge in [-0.3, -0.25) is 14.9 Å². The summed E-state index contributed by atoms with van der Waals surface area (Å²) in [7, 11) is 0.817. The van der Waals surface area contributed by atoms with E-state index in [9.17, 15) is 27.2 Å². The second kappa shape index (κ2) is 10.0. The SMILES string of the molecule is CCCC(=O)Nc1cccc(NC(=S)NC(=O)c2c(F)c(F)c(OC)c(F)c2F)c1. The van der Waals surface area contributed by atoms with Crippen molar-refractivity contribution in [2.45, 2.75) is 19.8 Å². The van der Waals surface area contributed by atoms with Crippen molar-refractivity contribution >= 4 is 40.5 Å². The van der Waals surface area contributed by atoms with Crippen molar-refractivity contribution in [3.05, 3.63) is 53.1 Å². The lowest BCUT2D eigenvalue weighted by atomic mass is 10.1. The van der Waals surface area contributed by atoms with Gasteiger partial charge in [0.15, 0.2) is 22.5 Å². The highest BCUT2D eigenvalue weighted by Crippen LogP contribution is 2.29. The summed E-state index contributed by atoms with van der Waals surface area (Å²) in [5.74, 6) is -10.5. The molecule has 0 aliphatic rings. The van der Waals surface area contributed by atoms with E-state index in [0.717, 1.165) is 7.11 Å². The molecule has 160 valence electrons. The van der Waals surface area contributed by atoms with E-state index in [1.807, 2.05) is 12.2 Å². The Balaban J connectivity index is 2.14. The Morgan fingerprint density at radius 3 is 2.10 bits per heavy atom. The van der Waals surface area contributed by atoms with Crippen molar-refractivity contribution in [1.29, 1.82) is 0 Å². The normalized spacial score (nSPS) is 10.3. The van der Waals surface area contributed by atoms with Crippen LogP contribution in [0.25, 0.3) is 0 Å². The molecule has 0 spiro atoms. The van der Waals surface area contributed by atoms with Gasteiger partial charge < -0.3 is 15.4 Å². The molecular formula is C19H17F4N3O3S. The lowest BCUT2D eigenvalue weighted by molar-refractivity contribution is -0.116. The molecule has 0 saturated carbocycles. The average Bonchev–Trinajstić information content (AvgIpc) is 2.67. The van der Waals surface area contributed by atoms with Gasteiger partial charge >= 0.3 is 0 Å². The van der Waals surface area contributed by atoms with Gasteiger partial charge in [0.25, 0.3) is 5.91 Å². The number of amides is 2. The molecule has 0 unspecified atom stereocenters. The minimum atomic E-state index is -1.92. The molecule has 11 heteroatoms. The number of ether oxygens (including phenoxy) is 1. The topological polar surface area (TPSA) is 79.5 Å². The van der Waals surface area contributed by atoms with Crippen LogP contribution in [0.15, 0.2) is 24.3 Å². The van der Waals surface area contributed by atoms with Crippen LogP contribution in [-0.4, -0.2) is 24.0 Å². The first-order chi connectivity index (χ1) is 14.2. The number of nitrogens with one attached hydrogen (secondary N) is 3. The van der Waals surface area contributed by atoms with Crippen LogP contribution in [0.5, 0.6) is 5.75 Å². The Morgan fingerprint density at radius 1 is 1.00 bits per heavy atom. The second-order valence-corrected chi connectivity index (χ2v) is 6.36. The molecule has 0 aliphatic heterocycles. The van der Waals surface area contributed by atoms with Gasteiger partial charge in [0, 0.05) is 17.8 Å². The molecular weight excluding hydrogens is 426 g/mol. The Bertz CT molecular complexity index is 972. The third-order valence-electron chi connectivity index (χ3n) is 3.76. The maximum atomic E-state index is 14.0. The molecule has 2 aromatic rings. The lowest BCUT2D eigenvalue weighted by Crippen LogP contribution is -2.35. The van der Waals surface area contributed by atoms with E-state index in [4.69, 9.17) is 12.2 Å². The number of carbonyl (C=O) groups is 2. The maximum absolute atomic E-state index is 14.0. The van der Waals surface area contributed by atoms with Crippen LogP contribution in [-0.2, 0) is 4.79 Å². The molecule has 3 N–H and O–H groups in total. The lowest BCUT2D eigenvalue weighted by Gasteiger charge is -2.13. The number of methoxy groups -OCH3 is 1. The number of halogens is 4. The molecule has 0 fully saturated rings. The highest BCUT2D eigenvalue weighted by atomic mass is 32.1. The zero-order valence-electron chi connectivity index (χ0n) is 15.9. The summed E-state index contributed by atoms with van der Waals surface area (Å²) >= 11 is 4.90. The summed E-state index contributed by atoms with van der Waals surface area (Å²) in [5.41, 5.74) is -0.706. The molecule has 0 heterocycles. The molecule has 0 atom stereocenters. The molecule has 2 aromatic carbocycles. The highest BCUT2D eigenvalue weighted by molar-refractivity contribution is 7.80. The van der Waals surface area contributed by atoms with Crippen LogP contribution in [0, 0.1) is 23.3 Å². The summed E-state index contributed by atoms with van der Waals surface area (Å²) < 4.78 is 59.9. The molecule has 6 nitrogen and oxygen atoms in total. The molecule has 0 aromatic heterocycles. The van der Waals surface area contributed by atoms with Crippen LogP contribution in [0.3, 0.4) is 0 Å². The summed E-state index contributed by atoms with van der Waals surface area (Å²) in [6.45, 7) is 1.85. The number of thiocarbonyl (C=S) groups is 1. The molecule has 0 aliphatic carbocycles. The van der Waals surface area contributed by atoms with Crippen molar-refractivity contribution in [3.8, 4) is 5.75 Å². The van der Waals surface area contributed by atoms with Gasteiger partial charge in [-0.15, -0.1) is 0 Å². The Labute approximate surface area is 174 Å². The van der Waals surface area contributed by atoms with Crippen LogP contribution in [0.2, 0.25) is 0 Å². The van der Waals surface area contributed by atoms with Crippen molar-refractivity contribution in [2.75, 3.05) is 17.7 Å². The zero-order valence-corrected chi connectivity index (χ0v) is 16.7. The minimum absolute atomic E-state index is 0.194. The number of hydrogen-bond donors (Lipinski definition) is 3. The zero-order chi connectivity index (χ0) is 22.4. The fourth-order valence-electron chi connectivity index (χ4n) is 2.44. The van der Waals surface area contributed by atoms with E-state index in [1.54, 1.807) is 18.2 Å². The van der Waals surface area contributed by atoms with E-state index in [1.165, 1.54) is 6.07 Å². The van der Waals surface area contributed by atoms with Gasteiger partial charge in [0.05, 0.1) is 7.11 Å². The summed E-state index contributed by atoms with van der Waals surface area (Å²) in [5, 5.41) is 6.77. The standard InChI is InChI=1S/C19H17F4N3O3S/c1-3-5-11(27)24-9-6-4-7-10(8-9)25-19(30)26-18(28)12-13(20)15(22)17(29-2)16(23)14(12)21/h4,6-8H,3,5H2,1-2H3,(H,24,27)(H2,25,26,28,30). The van der Waals surface area contributed by atoms with Crippen molar-refractivity contribution in [2.24, 2.45) is 0 Å². The third kappa shape index (κ3) is 5.23. The fraction of sp³-hybridized carbons (Fsp3) is 0.211. The molecule has 0 saturated heterocycles. The summed E-state index contributed by atoms with van der Waals surface area (Å²) in [6, 6.07) is 6.25. The summed E-state index contributed by atoms with van der Waals surface area (Å²) in [6.07, 6.45) is 0.998. The quantitative estimate of drug-likeness (QED) is 0.356. The fourth-order valence-corrected chi connectivity index (χ4v) is 2.65. The van der Waals surface area contributed by atoms with Crippen molar-refractivity contribution in [1.82, 2.24) is 5.32 Å². The smallest absolute Gasteiger partial charge is 0.263 e. The van der Waals surface area contributed by atoms with Crippen LogP contribution in [0.1, 0.15) is 30.1 Å². The largest absolute Gasteiger partial charge is 0.491 e. The monoisotopic (exact) mass is 443 g/mol. The highest BCUT2D eigenvalue weighted by Gasteiger charge is 2.30. The summed E-state index contributed by atoms with van der Waals surface area (Å²) in [4.78, 5) is 23.8. The van der Waals surface area contributed by atoms with Crippen molar-refractivity contribution in [3.63, 3.8) is 0 Å². The van der Waals surface area contributed by atoms with Gasteiger partial charge in [-0.2, -0.15) is 8.78 Å². The molecule has 30 heavy (non-hydrogen) atoms. The van der Waals surface area contributed by atoms with E-state index in [0.29, 0.717) is 24.2 Å². The number of hydrogen-bond acceptors (Lipinski definition) is 4. The van der Waals surface area contributed by atoms with Crippen LogP contribution in [0.4, 0.5) is 28.9 Å². The van der Waals surface area contributed by atoms with Crippen molar-refractivity contribution < 1.29 is 31.9 Å². The maximum Gasteiger partial charge on any atom is 0.263 e. The first-order valence-corrected chi connectivity index (χ1v) is 9.02. The van der Waals surface area contributed by atoms with E-state index < -0.39 is 45.6 Å². The number of rotatable bonds is 6. The molecule has 2 amide bonds. The first kappa shape index (κ1) is 23.1. The molecule has 0 radical (unpaired) electrons. The third-order valence-corrected chi connectivity index (χ3v) is 3.97. The number of carbonyl (C=O) groups excluding carboxylic acids is 2. The number of benzene rings is 2. The predicted octanol–water partition coefficient (Wildman–Crippen LogP) is 4.12. The first-order valence-electron chi connectivity index (χ1n) is 8.61. The number of anilines is 2. The van der Waals surface area contributed by atoms with Gasteiger partial charge in [-0.05, 0) is 36.8 Å². The van der Waals surface area contributed by atoms with E-state index in [-0.39, 0.29) is 5.91 Å². The second-order valence-electron chi connectivity index (χ2n) is 5.95. The Kier molecular flexibility index (Phi) is 7.70. The predicted molar refractivity (Wildman–Crippen MR) is 106 cm³/mol. The molecule has 0 bridgehead atoms. The minimum Gasteiger partial charge on any atom is -0.491 e. The molecule has 2 rings (SSSR count). The van der Waals surface area contributed by atoms with E-state index in [2.05, 4.69) is 15.4 Å². The Hall–Kier alpha value is -3.21. The van der Waals surface area contributed by atoms with Crippen LogP contribution < -0.4 is 20.7 Å². The van der Waals surface area contributed by atoms with Gasteiger partial charge in [0.1, 0.15) is 5.56 Å². The van der Waals surface area contributed by atoms with Gasteiger partial charge in [-0.1, -0.05) is 13.0 Å².